The molecular weight excluding hydrogens is 676 g/mol. The lowest BCUT2D eigenvalue weighted by atomic mass is 9.98. The second-order valence-corrected chi connectivity index (χ2v) is 13.3. The monoisotopic (exact) mass is 732 g/mol. The lowest BCUT2D eigenvalue weighted by Crippen LogP contribution is -2.57. The van der Waals surface area contributed by atoms with Crippen molar-refractivity contribution in [2.45, 2.75) is 109 Å². The van der Waals surface area contributed by atoms with E-state index < -0.39 is 90.5 Å². The van der Waals surface area contributed by atoms with Crippen LogP contribution in [0.2, 0.25) is 0 Å². The van der Waals surface area contributed by atoms with E-state index in [0.29, 0.717) is 44.5 Å². The Hall–Kier alpha value is -4.77. The first kappa shape index (κ1) is 43.4. The van der Waals surface area contributed by atoms with E-state index in [1.54, 1.807) is 30.9 Å². The summed E-state index contributed by atoms with van der Waals surface area (Å²) in [6.07, 6.45) is 3.67. The molecule has 11 N–H and O–H groups in total. The Morgan fingerprint density at radius 2 is 1.42 bits per heavy atom. The Balaban J connectivity index is 2.18. The van der Waals surface area contributed by atoms with Crippen molar-refractivity contribution in [3.8, 4) is 5.75 Å². The normalized spacial score (nSPS) is 16.2. The molecule has 1 heterocycles. The van der Waals surface area contributed by atoms with Gasteiger partial charge >= 0.3 is 5.97 Å². The number of likely N-dealkylation sites (tertiary alicyclic amines) is 1. The Labute approximate surface area is 304 Å². The van der Waals surface area contributed by atoms with Gasteiger partial charge in [0.05, 0.1) is 19.0 Å². The minimum atomic E-state index is -1.31. The van der Waals surface area contributed by atoms with Gasteiger partial charge in [0, 0.05) is 19.5 Å². The number of amides is 6. The number of unbranched alkanes of at least 4 members (excludes halogenated alkanes) is 1. The van der Waals surface area contributed by atoms with Crippen molar-refractivity contribution in [2.75, 3.05) is 26.2 Å². The standard InChI is InChI=1S/C35H56N8O9/c1-4-21(2)30(35(51)52)42-33(49)26(18-23-11-13-24(44)14-12-23)39-29(46)20-38-28(45)19-27(34(50)43-16-8-5-9-17-43)41-32(48)25(10-6-7-15-36)40-31(47)22(3)37/h11-14,21-22,25-27,30,44H,4-10,15-20,36-37H2,1-3H3,(H,38,45)(H,39,46)(H,40,47)(H,41,48)(H,42,49)(H,51,52)/t21-,22-,25-,26-,27?,30-/m0/s1. The fourth-order valence-electron chi connectivity index (χ4n) is 5.57. The lowest BCUT2D eigenvalue weighted by Gasteiger charge is -2.31. The molecule has 2 rings (SSSR count). The summed E-state index contributed by atoms with van der Waals surface area (Å²) in [6, 6.07) is 0.216. The first-order valence-electron chi connectivity index (χ1n) is 17.9. The number of benzene rings is 1. The number of piperidine rings is 1. The predicted octanol–water partition coefficient (Wildman–Crippen LogP) is -1.00. The van der Waals surface area contributed by atoms with Crippen LogP contribution in [0.15, 0.2) is 24.3 Å². The number of nitrogens with two attached hydrogens (primary N) is 2. The molecule has 0 aromatic heterocycles. The second kappa shape index (κ2) is 22.2. The number of rotatable bonds is 21. The van der Waals surface area contributed by atoms with Crippen molar-refractivity contribution in [2.24, 2.45) is 17.4 Å². The number of hydrogen-bond donors (Lipinski definition) is 9. The average Bonchev–Trinajstić information content (AvgIpc) is 3.12. The zero-order valence-corrected chi connectivity index (χ0v) is 30.3. The minimum absolute atomic E-state index is 0.00972. The summed E-state index contributed by atoms with van der Waals surface area (Å²) in [5.74, 6) is -5.64. The van der Waals surface area contributed by atoms with Gasteiger partial charge in [-0.1, -0.05) is 32.4 Å². The van der Waals surface area contributed by atoms with Gasteiger partial charge < -0.3 is 53.2 Å². The Morgan fingerprint density at radius 1 is 0.808 bits per heavy atom. The van der Waals surface area contributed by atoms with E-state index in [-0.39, 0.29) is 18.6 Å². The van der Waals surface area contributed by atoms with Gasteiger partial charge in [0.1, 0.15) is 29.9 Å². The zero-order chi connectivity index (χ0) is 38.8. The van der Waals surface area contributed by atoms with E-state index in [2.05, 4.69) is 26.6 Å². The molecule has 1 saturated heterocycles. The molecule has 6 amide bonds. The topological polar surface area (TPSA) is 275 Å². The molecule has 1 aliphatic heterocycles. The summed E-state index contributed by atoms with van der Waals surface area (Å²) in [4.78, 5) is 92.3. The van der Waals surface area contributed by atoms with E-state index in [1.807, 2.05) is 0 Å². The predicted molar refractivity (Wildman–Crippen MR) is 191 cm³/mol. The minimum Gasteiger partial charge on any atom is -0.508 e. The number of nitrogens with one attached hydrogen (secondary N) is 5. The van der Waals surface area contributed by atoms with Crippen LogP contribution in [0.3, 0.4) is 0 Å². The first-order chi connectivity index (χ1) is 24.7. The molecule has 0 aliphatic carbocycles. The van der Waals surface area contributed by atoms with Gasteiger partial charge in [0.2, 0.25) is 35.4 Å². The lowest BCUT2D eigenvalue weighted by molar-refractivity contribution is -0.143. The summed E-state index contributed by atoms with van der Waals surface area (Å²) in [5.41, 5.74) is 11.8. The van der Waals surface area contributed by atoms with E-state index in [0.717, 1.165) is 19.3 Å². The molecule has 1 unspecified atom stereocenters. The number of phenolic OH excluding ortho intramolecular Hbond substituents is 1. The second-order valence-electron chi connectivity index (χ2n) is 13.3. The molecule has 52 heavy (non-hydrogen) atoms. The van der Waals surface area contributed by atoms with Crippen molar-refractivity contribution in [1.29, 1.82) is 0 Å². The number of carboxylic acid groups (broad SMARTS) is 1. The van der Waals surface area contributed by atoms with Crippen LogP contribution < -0.4 is 38.1 Å². The van der Waals surface area contributed by atoms with Crippen LogP contribution in [0.4, 0.5) is 0 Å². The molecule has 290 valence electrons. The average molecular weight is 733 g/mol. The van der Waals surface area contributed by atoms with Gasteiger partial charge in [-0.25, -0.2) is 4.79 Å². The fourth-order valence-corrected chi connectivity index (χ4v) is 5.57. The van der Waals surface area contributed by atoms with Gasteiger partial charge in [0.25, 0.3) is 0 Å². The Morgan fingerprint density at radius 3 is 2.00 bits per heavy atom. The van der Waals surface area contributed by atoms with E-state index in [1.165, 1.54) is 19.1 Å². The first-order valence-corrected chi connectivity index (χ1v) is 17.9. The maximum absolute atomic E-state index is 13.6. The number of hydrogen-bond acceptors (Lipinski definition) is 10. The number of carboxylic acids is 1. The number of phenols is 1. The zero-order valence-electron chi connectivity index (χ0n) is 30.3. The molecule has 1 aromatic carbocycles. The summed E-state index contributed by atoms with van der Waals surface area (Å²) in [7, 11) is 0. The number of aromatic hydroxyl groups is 1. The SMILES string of the molecule is CC[C@H](C)[C@H](NC(=O)[C@H](Cc1ccc(O)cc1)NC(=O)CNC(=O)CC(NC(=O)[C@H](CCCCN)NC(=O)[C@H](C)N)C(=O)N1CCCCC1)C(=O)O. The third-order valence-electron chi connectivity index (χ3n) is 8.92. The van der Waals surface area contributed by atoms with Gasteiger partial charge in [-0.2, -0.15) is 0 Å². The van der Waals surface area contributed by atoms with Crippen molar-refractivity contribution in [1.82, 2.24) is 31.5 Å². The third kappa shape index (κ3) is 14.8. The number of aliphatic carboxylic acids is 1. The van der Waals surface area contributed by atoms with Gasteiger partial charge in [-0.3, -0.25) is 28.8 Å². The summed E-state index contributed by atoms with van der Waals surface area (Å²) >= 11 is 0. The molecule has 6 atom stereocenters. The van der Waals surface area contributed by atoms with Crippen LogP contribution in [-0.2, 0) is 40.0 Å². The highest BCUT2D eigenvalue weighted by atomic mass is 16.4. The molecule has 1 aliphatic rings. The molecule has 1 aromatic rings. The van der Waals surface area contributed by atoms with Crippen LogP contribution in [0, 0.1) is 5.92 Å². The van der Waals surface area contributed by atoms with E-state index in [4.69, 9.17) is 11.5 Å². The van der Waals surface area contributed by atoms with Crippen LogP contribution >= 0.6 is 0 Å². The van der Waals surface area contributed by atoms with Gasteiger partial charge in [0.15, 0.2) is 0 Å². The van der Waals surface area contributed by atoms with Crippen LogP contribution in [0.1, 0.15) is 77.7 Å². The van der Waals surface area contributed by atoms with Crippen LogP contribution in [-0.4, -0.2) is 113 Å². The van der Waals surface area contributed by atoms with E-state index in [9.17, 15) is 43.8 Å². The van der Waals surface area contributed by atoms with Gasteiger partial charge in [-0.15, -0.1) is 0 Å². The Kier molecular flexibility index (Phi) is 18.5. The fraction of sp³-hybridized carbons (Fsp3) is 0.629. The maximum Gasteiger partial charge on any atom is 0.326 e. The largest absolute Gasteiger partial charge is 0.508 e. The quantitative estimate of drug-likeness (QED) is 0.0692. The number of carbonyl (C=O) groups excluding carboxylic acids is 6. The summed E-state index contributed by atoms with van der Waals surface area (Å²) in [5, 5.41) is 32.0. The molecule has 17 heteroatoms. The molecule has 1 fully saturated rings. The maximum atomic E-state index is 13.6. The molecule has 17 nitrogen and oxygen atoms in total. The van der Waals surface area contributed by atoms with Crippen LogP contribution in [0.25, 0.3) is 0 Å². The van der Waals surface area contributed by atoms with Crippen molar-refractivity contribution in [3.63, 3.8) is 0 Å². The Bertz CT molecular complexity index is 1370. The van der Waals surface area contributed by atoms with E-state index >= 15 is 0 Å². The molecule has 0 saturated carbocycles. The molecule has 0 radical (unpaired) electrons. The highest BCUT2D eigenvalue weighted by Gasteiger charge is 2.33. The van der Waals surface area contributed by atoms with Gasteiger partial charge in [-0.05, 0) is 75.6 Å². The number of carbonyl (C=O) groups is 7. The van der Waals surface area contributed by atoms with Crippen molar-refractivity contribution in [3.05, 3.63) is 29.8 Å². The molecule has 0 spiro atoms. The summed E-state index contributed by atoms with van der Waals surface area (Å²) < 4.78 is 0. The third-order valence-corrected chi connectivity index (χ3v) is 8.92. The molecule has 0 bridgehead atoms. The van der Waals surface area contributed by atoms with Crippen molar-refractivity contribution < 1.29 is 43.8 Å². The van der Waals surface area contributed by atoms with Crippen molar-refractivity contribution >= 4 is 41.4 Å². The highest BCUT2D eigenvalue weighted by molar-refractivity contribution is 5.96. The summed E-state index contributed by atoms with van der Waals surface area (Å²) in [6.45, 7) is 5.59. The highest BCUT2D eigenvalue weighted by Crippen LogP contribution is 2.14. The number of nitrogens with zero attached hydrogens (tertiary/aromatic N) is 1. The van der Waals surface area contributed by atoms with Crippen LogP contribution in [0.5, 0.6) is 5.75 Å². The smallest absolute Gasteiger partial charge is 0.326 e. The molecular formula is C35H56N8O9.